The first-order valence-electron chi connectivity index (χ1n) is 5.10. The zero-order valence-corrected chi connectivity index (χ0v) is 9.01. The first kappa shape index (κ1) is 10.5. The summed E-state index contributed by atoms with van der Waals surface area (Å²) in [7, 11) is 0. The Morgan fingerprint density at radius 2 is 2.38 bits per heavy atom. The van der Waals surface area contributed by atoms with Crippen LogP contribution < -0.4 is 10.1 Å². The van der Waals surface area contributed by atoms with E-state index in [1.54, 1.807) is 18.5 Å². The highest BCUT2D eigenvalue weighted by molar-refractivity contribution is 5.27. The molecule has 0 aromatic carbocycles. The van der Waals surface area contributed by atoms with Gasteiger partial charge in [-0.15, -0.1) is 0 Å². The smallest absolute Gasteiger partial charge is 0.226 e. The van der Waals surface area contributed by atoms with E-state index in [1.807, 2.05) is 19.1 Å². The van der Waals surface area contributed by atoms with Gasteiger partial charge in [0, 0.05) is 12.3 Å². The average Bonchev–Trinajstić information content (AvgIpc) is 2.80. The third kappa shape index (κ3) is 2.73. The van der Waals surface area contributed by atoms with E-state index < -0.39 is 0 Å². The zero-order chi connectivity index (χ0) is 11.2. The van der Waals surface area contributed by atoms with E-state index in [2.05, 4.69) is 15.3 Å². The molecule has 0 bridgehead atoms. The predicted octanol–water partition coefficient (Wildman–Crippen LogP) is 2.08. The molecule has 0 radical (unpaired) electrons. The van der Waals surface area contributed by atoms with Crippen molar-refractivity contribution in [1.82, 2.24) is 9.97 Å². The summed E-state index contributed by atoms with van der Waals surface area (Å²) in [5.41, 5.74) is 0. The average molecular weight is 219 g/mol. The Labute approximate surface area is 93.5 Å². The Hall–Kier alpha value is -2.04. The van der Waals surface area contributed by atoms with E-state index in [0.29, 0.717) is 25.0 Å². The SMILES string of the molecule is CCOc1ccnc(NCc2ccco2)n1. The molecule has 0 aliphatic rings. The van der Waals surface area contributed by atoms with Crippen molar-refractivity contribution >= 4 is 5.95 Å². The predicted molar refractivity (Wildman–Crippen MR) is 59.2 cm³/mol. The maximum absolute atomic E-state index is 5.27. The van der Waals surface area contributed by atoms with Crippen molar-refractivity contribution in [3.8, 4) is 5.88 Å². The molecule has 1 N–H and O–H groups in total. The Morgan fingerprint density at radius 1 is 1.44 bits per heavy atom. The molecule has 0 unspecified atom stereocenters. The first-order chi connectivity index (χ1) is 7.88. The number of furan rings is 1. The zero-order valence-electron chi connectivity index (χ0n) is 9.01. The van der Waals surface area contributed by atoms with Gasteiger partial charge in [-0.2, -0.15) is 4.98 Å². The van der Waals surface area contributed by atoms with Crippen molar-refractivity contribution in [2.45, 2.75) is 13.5 Å². The Bertz CT molecular complexity index is 429. The van der Waals surface area contributed by atoms with Crippen LogP contribution in [-0.2, 0) is 6.54 Å². The maximum Gasteiger partial charge on any atom is 0.226 e. The van der Waals surface area contributed by atoms with Crippen LogP contribution in [0.4, 0.5) is 5.95 Å². The number of hydrogen-bond donors (Lipinski definition) is 1. The molecule has 84 valence electrons. The summed E-state index contributed by atoms with van der Waals surface area (Å²) in [5, 5.41) is 3.05. The van der Waals surface area contributed by atoms with Gasteiger partial charge >= 0.3 is 0 Å². The normalized spacial score (nSPS) is 10.1. The minimum atomic E-state index is 0.530. The van der Waals surface area contributed by atoms with E-state index in [0.717, 1.165) is 5.76 Å². The number of anilines is 1. The monoisotopic (exact) mass is 219 g/mol. The molecular formula is C11H13N3O2. The molecule has 0 atom stereocenters. The van der Waals surface area contributed by atoms with Crippen LogP contribution >= 0.6 is 0 Å². The summed E-state index contributed by atoms with van der Waals surface area (Å²) < 4.78 is 10.5. The third-order valence-electron chi connectivity index (χ3n) is 1.92. The molecule has 0 fully saturated rings. The fourth-order valence-electron chi connectivity index (χ4n) is 1.23. The number of nitrogens with zero attached hydrogens (tertiary/aromatic N) is 2. The molecule has 0 aliphatic heterocycles. The van der Waals surface area contributed by atoms with Gasteiger partial charge in [0.25, 0.3) is 0 Å². The largest absolute Gasteiger partial charge is 0.478 e. The Balaban J connectivity index is 1.96. The molecule has 0 aliphatic carbocycles. The highest BCUT2D eigenvalue weighted by Crippen LogP contribution is 2.09. The molecule has 2 heterocycles. The van der Waals surface area contributed by atoms with Gasteiger partial charge in [0.1, 0.15) is 5.76 Å². The van der Waals surface area contributed by atoms with E-state index in [1.165, 1.54) is 0 Å². The van der Waals surface area contributed by atoms with E-state index >= 15 is 0 Å². The lowest BCUT2D eigenvalue weighted by atomic mass is 10.4. The number of ether oxygens (including phenoxy) is 1. The molecule has 5 nitrogen and oxygen atoms in total. The van der Waals surface area contributed by atoms with E-state index in [4.69, 9.17) is 9.15 Å². The molecule has 0 saturated heterocycles. The van der Waals surface area contributed by atoms with Crippen molar-refractivity contribution < 1.29 is 9.15 Å². The first-order valence-corrected chi connectivity index (χ1v) is 5.10. The summed E-state index contributed by atoms with van der Waals surface area (Å²) in [5.74, 6) is 1.94. The van der Waals surface area contributed by atoms with Crippen LogP contribution in [-0.4, -0.2) is 16.6 Å². The van der Waals surface area contributed by atoms with Gasteiger partial charge in [0.2, 0.25) is 11.8 Å². The van der Waals surface area contributed by atoms with Gasteiger partial charge in [-0.1, -0.05) is 0 Å². The summed E-state index contributed by atoms with van der Waals surface area (Å²) in [4.78, 5) is 8.25. The molecule has 16 heavy (non-hydrogen) atoms. The quantitative estimate of drug-likeness (QED) is 0.834. The molecule has 2 aromatic heterocycles. The second-order valence-electron chi connectivity index (χ2n) is 3.08. The highest BCUT2D eigenvalue weighted by Gasteiger charge is 2.00. The summed E-state index contributed by atoms with van der Waals surface area (Å²) in [6.45, 7) is 3.06. The lowest BCUT2D eigenvalue weighted by Gasteiger charge is -2.05. The Morgan fingerprint density at radius 3 is 3.12 bits per heavy atom. The highest BCUT2D eigenvalue weighted by atomic mass is 16.5. The lowest BCUT2D eigenvalue weighted by molar-refractivity contribution is 0.326. The maximum atomic E-state index is 5.27. The topological polar surface area (TPSA) is 60.2 Å². The van der Waals surface area contributed by atoms with Crippen LogP contribution in [0, 0.1) is 0 Å². The second-order valence-corrected chi connectivity index (χ2v) is 3.08. The van der Waals surface area contributed by atoms with Gasteiger partial charge in [-0.25, -0.2) is 4.98 Å². The van der Waals surface area contributed by atoms with Crippen LogP contribution in [0.2, 0.25) is 0 Å². The van der Waals surface area contributed by atoms with Gasteiger partial charge < -0.3 is 14.5 Å². The van der Waals surface area contributed by atoms with Crippen molar-refractivity contribution in [2.24, 2.45) is 0 Å². The molecule has 0 amide bonds. The van der Waals surface area contributed by atoms with Crippen molar-refractivity contribution in [3.63, 3.8) is 0 Å². The fourth-order valence-corrected chi connectivity index (χ4v) is 1.23. The van der Waals surface area contributed by atoms with Gasteiger partial charge in [-0.3, -0.25) is 0 Å². The van der Waals surface area contributed by atoms with Crippen LogP contribution in [0.3, 0.4) is 0 Å². The molecule has 2 rings (SSSR count). The van der Waals surface area contributed by atoms with Crippen molar-refractivity contribution in [1.29, 1.82) is 0 Å². The molecule has 0 saturated carbocycles. The van der Waals surface area contributed by atoms with Crippen LogP contribution in [0.5, 0.6) is 5.88 Å². The summed E-state index contributed by atoms with van der Waals surface area (Å²) in [6, 6.07) is 5.45. The van der Waals surface area contributed by atoms with E-state index in [-0.39, 0.29) is 0 Å². The fraction of sp³-hybridized carbons (Fsp3) is 0.273. The number of rotatable bonds is 5. The van der Waals surface area contributed by atoms with Crippen LogP contribution in [0.25, 0.3) is 0 Å². The molecule has 5 heteroatoms. The lowest BCUT2D eigenvalue weighted by Crippen LogP contribution is -2.04. The Kier molecular flexibility index (Phi) is 3.38. The van der Waals surface area contributed by atoms with Crippen LogP contribution in [0.1, 0.15) is 12.7 Å². The van der Waals surface area contributed by atoms with Crippen LogP contribution in [0.15, 0.2) is 35.1 Å². The minimum absolute atomic E-state index is 0.530. The number of nitrogens with one attached hydrogen (secondary N) is 1. The third-order valence-corrected chi connectivity index (χ3v) is 1.92. The number of aromatic nitrogens is 2. The summed E-state index contributed by atoms with van der Waals surface area (Å²) >= 11 is 0. The second kappa shape index (κ2) is 5.16. The van der Waals surface area contributed by atoms with Crippen molar-refractivity contribution in [3.05, 3.63) is 36.4 Å². The van der Waals surface area contributed by atoms with Gasteiger partial charge in [-0.05, 0) is 19.1 Å². The molecule has 0 spiro atoms. The molecule has 2 aromatic rings. The minimum Gasteiger partial charge on any atom is -0.478 e. The standard InChI is InChI=1S/C11H13N3O2/c1-2-15-10-5-6-12-11(14-10)13-8-9-4-3-7-16-9/h3-7H,2,8H2,1H3,(H,12,13,14). The van der Waals surface area contributed by atoms with Crippen molar-refractivity contribution in [2.75, 3.05) is 11.9 Å². The van der Waals surface area contributed by atoms with Gasteiger partial charge in [0.05, 0.1) is 19.4 Å². The van der Waals surface area contributed by atoms with Gasteiger partial charge in [0.15, 0.2) is 0 Å². The summed E-state index contributed by atoms with van der Waals surface area (Å²) in [6.07, 6.45) is 3.29. The van der Waals surface area contributed by atoms with E-state index in [9.17, 15) is 0 Å². The number of hydrogen-bond acceptors (Lipinski definition) is 5. The molecular weight excluding hydrogens is 206 g/mol.